The van der Waals surface area contributed by atoms with Crippen LogP contribution >= 0.6 is 0 Å². The van der Waals surface area contributed by atoms with Crippen LogP contribution in [0.5, 0.6) is 11.5 Å². The van der Waals surface area contributed by atoms with Crippen molar-refractivity contribution in [2.45, 2.75) is 71.1 Å². The molecular weight excluding hydrogens is 456 g/mol. The van der Waals surface area contributed by atoms with Crippen LogP contribution in [-0.2, 0) is 22.5 Å². The van der Waals surface area contributed by atoms with Crippen molar-refractivity contribution in [3.63, 3.8) is 0 Å². The summed E-state index contributed by atoms with van der Waals surface area (Å²) >= 11 is 0. The standard InChI is InChI=1S/C30H38O6/c1-6-10-24(31)19-27(34-20-22-15-17-25(33-5)18-16-22)21(2)11-7-8-12-23-13-9-14-26-28(23)29(32)36-30(3,4)35-26/h6-9,13-18,21,24,27,31H,1,10-12,19-20H2,2-5H3/b8-7+/t21-,24-,27+/m0/s1. The molecule has 194 valence electrons. The maximum absolute atomic E-state index is 12.6. The summed E-state index contributed by atoms with van der Waals surface area (Å²) in [6, 6.07) is 13.4. The molecule has 1 N–H and O–H groups in total. The second-order valence-electron chi connectivity index (χ2n) is 9.68. The summed E-state index contributed by atoms with van der Waals surface area (Å²) in [6.07, 6.45) is 7.69. The van der Waals surface area contributed by atoms with E-state index in [2.05, 4.69) is 25.7 Å². The molecule has 1 aliphatic heterocycles. The first-order valence-electron chi connectivity index (χ1n) is 12.4. The van der Waals surface area contributed by atoms with Crippen molar-refractivity contribution < 1.29 is 28.8 Å². The van der Waals surface area contributed by atoms with Crippen molar-refractivity contribution in [3.8, 4) is 11.5 Å². The Kier molecular flexibility index (Phi) is 9.73. The van der Waals surface area contributed by atoms with Crippen LogP contribution < -0.4 is 9.47 Å². The third-order valence-electron chi connectivity index (χ3n) is 6.22. The van der Waals surface area contributed by atoms with Gasteiger partial charge in [-0.2, -0.15) is 0 Å². The molecule has 0 saturated heterocycles. The van der Waals surface area contributed by atoms with Gasteiger partial charge in [-0.25, -0.2) is 4.79 Å². The van der Waals surface area contributed by atoms with Gasteiger partial charge in [0.2, 0.25) is 5.79 Å². The zero-order valence-corrected chi connectivity index (χ0v) is 21.7. The first kappa shape index (κ1) is 27.5. The van der Waals surface area contributed by atoms with Gasteiger partial charge in [0.15, 0.2) is 0 Å². The second-order valence-corrected chi connectivity index (χ2v) is 9.68. The Balaban J connectivity index is 1.61. The summed E-state index contributed by atoms with van der Waals surface area (Å²) in [4.78, 5) is 12.6. The molecule has 0 bridgehead atoms. The zero-order valence-electron chi connectivity index (χ0n) is 21.7. The SMILES string of the molecule is C=CC[C@H](O)C[C@@H](OCc1ccc(OC)cc1)[C@@H](C)C/C=C/Cc1cccc2c1C(=O)OC(C)(C)O2. The van der Waals surface area contributed by atoms with E-state index < -0.39 is 11.9 Å². The monoisotopic (exact) mass is 494 g/mol. The fourth-order valence-corrected chi connectivity index (χ4v) is 4.24. The van der Waals surface area contributed by atoms with Crippen LogP contribution in [0.1, 0.15) is 61.5 Å². The van der Waals surface area contributed by atoms with Crippen LogP contribution in [0.25, 0.3) is 0 Å². The molecule has 0 radical (unpaired) electrons. The van der Waals surface area contributed by atoms with E-state index in [1.807, 2.05) is 36.4 Å². The van der Waals surface area contributed by atoms with Crippen LogP contribution in [0.15, 0.2) is 67.3 Å². The molecule has 2 aromatic rings. The zero-order chi connectivity index (χ0) is 26.1. The lowest BCUT2D eigenvalue weighted by Gasteiger charge is -2.32. The number of allylic oxidation sites excluding steroid dienone is 2. The van der Waals surface area contributed by atoms with Crippen LogP contribution in [0, 0.1) is 5.92 Å². The minimum Gasteiger partial charge on any atom is -0.497 e. The fraction of sp³-hybridized carbons (Fsp3) is 0.433. The highest BCUT2D eigenvalue weighted by Gasteiger charge is 2.35. The molecule has 3 atom stereocenters. The van der Waals surface area contributed by atoms with Crippen LogP contribution in [-0.4, -0.2) is 36.2 Å². The maximum Gasteiger partial charge on any atom is 0.345 e. The molecule has 6 heteroatoms. The number of aliphatic hydroxyl groups excluding tert-OH is 1. The highest BCUT2D eigenvalue weighted by atomic mass is 16.7. The maximum atomic E-state index is 12.6. The quantitative estimate of drug-likeness (QED) is 0.271. The van der Waals surface area contributed by atoms with Crippen molar-refractivity contribution in [1.29, 1.82) is 0 Å². The van der Waals surface area contributed by atoms with Crippen LogP contribution in [0.2, 0.25) is 0 Å². The van der Waals surface area contributed by atoms with Gasteiger partial charge in [-0.1, -0.05) is 49.4 Å². The smallest absolute Gasteiger partial charge is 0.345 e. The Bertz CT molecular complexity index is 1040. The number of methoxy groups -OCH3 is 1. The van der Waals surface area contributed by atoms with Crippen molar-refractivity contribution in [2.24, 2.45) is 5.92 Å². The number of carbonyl (C=O) groups is 1. The number of rotatable bonds is 13. The van der Waals surface area contributed by atoms with E-state index in [9.17, 15) is 9.90 Å². The largest absolute Gasteiger partial charge is 0.497 e. The summed E-state index contributed by atoms with van der Waals surface area (Å²) in [5.41, 5.74) is 2.40. The lowest BCUT2D eigenvalue weighted by atomic mass is 9.94. The number of fused-ring (bicyclic) bond motifs is 1. The second kappa shape index (κ2) is 12.7. The first-order chi connectivity index (χ1) is 17.2. The van der Waals surface area contributed by atoms with E-state index in [0.29, 0.717) is 37.2 Å². The van der Waals surface area contributed by atoms with Crippen LogP contribution in [0.3, 0.4) is 0 Å². The van der Waals surface area contributed by atoms with Gasteiger partial charge in [0, 0.05) is 20.3 Å². The Hall–Kier alpha value is -3.09. The number of carbonyl (C=O) groups excluding carboxylic acids is 1. The van der Waals surface area contributed by atoms with Gasteiger partial charge in [-0.05, 0) is 54.5 Å². The molecule has 6 nitrogen and oxygen atoms in total. The molecule has 0 spiro atoms. The summed E-state index contributed by atoms with van der Waals surface area (Å²) < 4.78 is 22.7. The molecule has 0 fully saturated rings. The van der Waals surface area contributed by atoms with E-state index in [0.717, 1.165) is 23.3 Å². The van der Waals surface area contributed by atoms with E-state index >= 15 is 0 Å². The molecule has 0 aliphatic carbocycles. The topological polar surface area (TPSA) is 74.2 Å². The number of hydrogen-bond acceptors (Lipinski definition) is 6. The molecule has 0 amide bonds. The summed E-state index contributed by atoms with van der Waals surface area (Å²) in [5.74, 6) is 0.210. The number of aliphatic hydroxyl groups is 1. The van der Waals surface area contributed by atoms with Gasteiger partial charge in [-0.3, -0.25) is 0 Å². The molecular formula is C30H38O6. The van der Waals surface area contributed by atoms with Crippen molar-refractivity contribution in [1.82, 2.24) is 0 Å². The molecule has 0 unspecified atom stereocenters. The Morgan fingerprint density at radius 2 is 1.83 bits per heavy atom. The van der Waals surface area contributed by atoms with Gasteiger partial charge < -0.3 is 24.1 Å². The summed E-state index contributed by atoms with van der Waals surface area (Å²) in [7, 11) is 1.64. The lowest BCUT2D eigenvalue weighted by molar-refractivity contribution is -0.127. The number of cyclic esters (lactones) is 1. The van der Waals surface area contributed by atoms with Crippen molar-refractivity contribution in [2.75, 3.05) is 7.11 Å². The molecule has 1 heterocycles. The van der Waals surface area contributed by atoms with E-state index in [-0.39, 0.29) is 18.0 Å². The Morgan fingerprint density at radius 1 is 1.08 bits per heavy atom. The number of hydrogen-bond donors (Lipinski definition) is 1. The summed E-state index contributed by atoms with van der Waals surface area (Å²) in [5, 5.41) is 10.4. The fourth-order valence-electron chi connectivity index (χ4n) is 4.24. The average molecular weight is 495 g/mol. The average Bonchev–Trinajstić information content (AvgIpc) is 2.83. The molecule has 3 rings (SSSR count). The van der Waals surface area contributed by atoms with Gasteiger partial charge in [0.1, 0.15) is 17.1 Å². The molecule has 36 heavy (non-hydrogen) atoms. The lowest BCUT2D eigenvalue weighted by Crippen LogP contribution is -2.39. The highest BCUT2D eigenvalue weighted by Crippen LogP contribution is 2.33. The Morgan fingerprint density at radius 3 is 2.53 bits per heavy atom. The molecule has 0 aromatic heterocycles. The van der Waals surface area contributed by atoms with Crippen molar-refractivity contribution in [3.05, 3.63) is 84.0 Å². The molecule has 2 aromatic carbocycles. The predicted molar refractivity (Wildman–Crippen MR) is 140 cm³/mol. The molecule has 1 aliphatic rings. The third kappa shape index (κ3) is 7.70. The van der Waals surface area contributed by atoms with E-state index in [4.69, 9.17) is 18.9 Å². The van der Waals surface area contributed by atoms with E-state index in [1.54, 1.807) is 33.1 Å². The first-order valence-corrected chi connectivity index (χ1v) is 12.4. The summed E-state index contributed by atoms with van der Waals surface area (Å²) in [6.45, 7) is 9.76. The highest BCUT2D eigenvalue weighted by molar-refractivity contribution is 5.95. The van der Waals surface area contributed by atoms with Gasteiger partial charge in [0.05, 0.1) is 25.9 Å². The number of benzene rings is 2. The molecule has 0 saturated carbocycles. The normalized spacial score (nSPS) is 17.0. The van der Waals surface area contributed by atoms with Crippen molar-refractivity contribution >= 4 is 5.97 Å². The minimum atomic E-state index is -0.967. The predicted octanol–water partition coefficient (Wildman–Crippen LogP) is 6.02. The number of esters is 1. The Labute approximate surface area is 214 Å². The van der Waals surface area contributed by atoms with E-state index in [1.165, 1.54) is 0 Å². The van der Waals surface area contributed by atoms with Gasteiger partial charge in [0.25, 0.3) is 0 Å². The third-order valence-corrected chi connectivity index (χ3v) is 6.22. The minimum absolute atomic E-state index is 0.123. The van der Waals surface area contributed by atoms with Gasteiger partial charge in [-0.15, -0.1) is 6.58 Å². The van der Waals surface area contributed by atoms with Gasteiger partial charge >= 0.3 is 5.97 Å². The number of ether oxygens (including phenoxy) is 4. The van der Waals surface area contributed by atoms with Crippen LogP contribution in [0.4, 0.5) is 0 Å².